The summed E-state index contributed by atoms with van der Waals surface area (Å²) in [4.78, 5) is 12.3. The maximum absolute atomic E-state index is 12.3. The molecule has 0 radical (unpaired) electrons. The molecule has 0 spiro atoms. The minimum Gasteiger partial charge on any atom is -0.508 e. The average Bonchev–Trinajstić information content (AvgIpc) is 2.70. The van der Waals surface area contributed by atoms with Crippen molar-refractivity contribution in [3.8, 4) is 5.75 Å². The number of ether oxygens (including phenoxy) is 1. The van der Waals surface area contributed by atoms with Crippen molar-refractivity contribution in [3.63, 3.8) is 0 Å². The van der Waals surface area contributed by atoms with Gasteiger partial charge in [-0.3, -0.25) is 0 Å². The Morgan fingerprint density at radius 2 is 1.52 bits per heavy atom. The minimum atomic E-state index is -0.695. The van der Waals surface area contributed by atoms with E-state index in [0.717, 1.165) is 16.7 Å². The number of carbonyl (C=O) groups excluding carboxylic acids is 1. The average molecular weight is 280 g/mol. The van der Waals surface area contributed by atoms with Crippen LogP contribution >= 0.6 is 0 Å². The van der Waals surface area contributed by atoms with Crippen LogP contribution in [0.3, 0.4) is 0 Å². The van der Waals surface area contributed by atoms with E-state index in [9.17, 15) is 9.90 Å². The molecule has 0 atom stereocenters. The zero-order valence-corrected chi connectivity index (χ0v) is 12.0. The van der Waals surface area contributed by atoms with Gasteiger partial charge in [-0.2, -0.15) is 0 Å². The predicted molar refractivity (Wildman–Crippen MR) is 81.5 cm³/mol. The van der Waals surface area contributed by atoms with Gasteiger partial charge in [-0.25, -0.2) is 4.79 Å². The lowest BCUT2D eigenvalue weighted by Crippen LogP contribution is -2.22. The molecule has 0 fully saturated rings. The van der Waals surface area contributed by atoms with Crippen molar-refractivity contribution in [2.45, 2.75) is 19.4 Å². The second-order valence-electron chi connectivity index (χ2n) is 5.56. The molecule has 0 saturated carbocycles. The second kappa shape index (κ2) is 4.77. The highest BCUT2D eigenvalue weighted by molar-refractivity contribution is 6.28. The third-order valence-corrected chi connectivity index (χ3v) is 3.62. The van der Waals surface area contributed by atoms with Gasteiger partial charge in [-0.1, -0.05) is 42.5 Å². The fourth-order valence-electron chi connectivity index (χ4n) is 2.72. The molecule has 1 heterocycles. The molecular weight excluding hydrogens is 264 g/mol. The van der Waals surface area contributed by atoms with Crippen LogP contribution in [-0.4, -0.2) is 16.7 Å². The molecule has 1 aliphatic rings. The first kappa shape index (κ1) is 13.4. The van der Waals surface area contributed by atoms with Crippen LogP contribution in [0.5, 0.6) is 5.75 Å². The third kappa shape index (κ3) is 2.31. The fraction of sp³-hybridized carbons (Fsp3) is 0.167. The molecule has 0 unspecified atom stereocenters. The molecule has 3 heteroatoms. The summed E-state index contributed by atoms with van der Waals surface area (Å²) in [7, 11) is 0. The summed E-state index contributed by atoms with van der Waals surface area (Å²) in [6.45, 7) is 3.76. The summed E-state index contributed by atoms with van der Waals surface area (Å²) in [6, 6.07) is 16.3. The lowest BCUT2D eigenvalue weighted by molar-refractivity contribution is -0.141. The zero-order valence-electron chi connectivity index (χ0n) is 12.0. The van der Waals surface area contributed by atoms with Gasteiger partial charge in [0.1, 0.15) is 11.4 Å². The van der Waals surface area contributed by atoms with Crippen LogP contribution in [0.1, 0.15) is 25.0 Å². The number of cyclic esters (lactones) is 1. The van der Waals surface area contributed by atoms with E-state index in [1.54, 1.807) is 24.3 Å². The van der Waals surface area contributed by atoms with Crippen LogP contribution < -0.4 is 0 Å². The first-order valence-corrected chi connectivity index (χ1v) is 6.82. The molecule has 0 aromatic heterocycles. The van der Waals surface area contributed by atoms with Crippen LogP contribution in [0.4, 0.5) is 0 Å². The number of carbonyl (C=O) groups is 1. The molecule has 2 aromatic rings. The van der Waals surface area contributed by atoms with Gasteiger partial charge in [0.05, 0.1) is 5.57 Å². The number of aromatic hydroxyl groups is 1. The van der Waals surface area contributed by atoms with E-state index in [2.05, 4.69) is 0 Å². The van der Waals surface area contributed by atoms with E-state index in [1.807, 2.05) is 44.2 Å². The van der Waals surface area contributed by atoms with Crippen LogP contribution in [0.25, 0.3) is 11.1 Å². The Hall–Kier alpha value is -2.55. The van der Waals surface area contributed by atoms with Crippen molar-refractivity contribution < 1.29 is 14.6 Å². The van der Waals surface area contributed by atoms with Gasteiger partial charge >= 0.3 is 5.97 Å². The summed E-state index contributed by atoms with van der Waals surface area (Å²) in [5.74, 6) is -0.113. The second-order valence-corrected chi connectivity index (χ2v) is 5.56. The molecule has 0 amide bonds. The van der Waals surface area contributed by atoms with Crippen molar-refractivity contribution in [2.24, 2.45) is 0 Å². The number of phenols is 1. The van der Waals surface area contributed by atoms with E-state index < -0.39 is 5.60 Å². The molecule has 0 saturated heterocycles. The van der Waals surface area contributed by atoms with Gasteiger partial charge in [0, 0.05) is 5.57 Å². The van der Waals surface area contributed by atoms with E-state index in [4.69, 9.17) is 4.74 Å². The van der Waals surface area contributed by atoms with Crippen molar-refractivity contribution in [2.75, 3.05) is 0 Å². The van der Waals surface area contributed by atoms with Crippen LogP contribution in [0.15, 0.2) is 54.6 Å². The largest absolute Gasteiger partial charge is 0.508 e. The Morgan fingerprint density at radius 1 is 0.905 bits per heavy atom. The molecule has 2 aromatic carbocycles. The topological polar surface area (TPSA) is 46.5 Å². The van der Waals surface area contributed by atoms with E-state index in [1.165, 1.54) is 0 Å². The molecular formula is C18H16O3. The maximum Gasteiger partial charge on any atom is 0.340 e. The first-order valence-electron chi connectivity index (χ1n) is 6.82. The Bertz CT molecular complexity index is 710. The molecule has 0 bridgehead atoms. The minimum absolute atomic E-state index is 0.198. The summed E-state index contributed by atoms with van der Waals surface area (Å²) in [6.07, 6.45) is 0. The Labute approximate surface area is 123 Å². The predicted octanol–water partition coefficient (Wildman–Crippen LogP) is 3.64. The Balaban J connectivity index is 2.25. The van der Waals surface area contributed by atoms with Crippen LogP contribution in [-0.2, 0) is 9.53 Å². The molecule has 21 heavy (non-hydrogen) atoms. The highest BCUT2D eigenvalue weighted by Crippen LogP contribution is 2.43. The van der Waals surface area contributed by atoms with Crippen molar-refractivity contribution >= 4 is 17.1 Å². The molecule has 3 nitrogen and oxygen atoms in total. The summed E-state index contributed by atoms with van der Waals surface area (Å²) >= 11 is 0. The lowest BCUT2D eigenvalue weighted by atomic mass is 9.87. The fourth-order valence-corrected chi connectivity index (χ4v) is 2.72. The van der Waals surface area contributed by atoms with Gasteiger partial charge in [0.2, 0.25) is 0 Å². The SMILES string of the molecule is CC1(C)OC(=O)C(c2ccccc2)=C1c1ccc(O)cc1. The maximum atomic E-state index is 12.3. The van der Waals surface area contributed by atoms with Crippen LogP contribution in [0.2, 0.25) is 0 Å². The highest BCUT2D eigenvalue weighted by Gasteiger charge is 2.41. The van der Waals surface area contributed by atoms with Crippen molar-refractivity contribution in [1.82, 2.24) is 0 Å². The lowest BCUT2D eigenvalue weighted by Gasteiger charge is -2.21. The standard InChI is InChI=1S/C18H16O3/c1-18(2)16(13-8-10-14(19)11-9-13)15(17(20)21-18)12-6-4-3-5-7-12/h3-11,19H,1-2H3. The van der Waals surface area contributed by atoms with Crippen molar-refractivity contribution in [3.05, 3.63) is 65.7 Å². The Morgan fingerprint density at radius 3 is 2.14 bits per heavy atom. The van der Waals surface area contributed by atoms with E-state index in [-0.39, 0.29) is 11.7 Å². The smallest absolute Gasteiger partial charge is 0.340 e. The van der Waals surface area contributed by atoms with Crippen LogP contribution in [0, 0.1) is 0 Å². The van der Waals surface area contributed by atoms with Gasteiger partial charge in [-0.15, -0.1) is 0 Å². The summed E-state index contributed by atoms with van der Waals surface area (Å²) < 4.78 is 5.54. The number of benzene rings is 2. The van der Waals surface area contributed by atoms with Crippen molar-refractivity contribution in [1.29, 1.82) is 0 Å². The summed E-state index contributed by atoms with van der Waals surface area (Å²) in [5, 5.41) is 9.45. The number of esters is 1. The zero-order chi connectivity index (χ0) is 15.0. The molecule has 0 aliphatic carbocycles. The molecule has 1 N–H and O–H groups in total. The Kier molecular flexibility index (Phi) is 3.05. The molecule has 1 aliphatic heterocycles. The van der Waals surface area contributed by atoms with E-state index >= 15 is 0 Å². The molecule has 106 valence electrons. The number of hydrogen-bond acceptors (Lipinski definition) is 3. The number of hydrogen-bond donors (Lipinski definition) is 1. The third-order valence-electron chi connectivity index (χ3n) is 3.62. The van der Waals surface area contributed by atoms with E-state index in [0.29, 0.717) is 5.57 Å². The number of rotatable bonds is 2. The monoisotopic (exact) mass is 280 g/mol. The van der Waals surface area contributed by atoms with Gasteiger partial charge in [-0.05, 0) is 37.1 Å². The first-order chi connectivity index (χ1) is 9.99. The van der Waals surface area contributed by atoms with Gasteiger partial charge in [0.15, 0.2) is 0 Å². The normalized spacial score (nSPS) is 17.0. The quantitative estimate of drug-likeness (QED) is 0.854. The summed E-state index contributed by atoms with van der Waals surface area (Å²) in [5.41, 5.74) is 2.46. The highest BCUT2D eigenvalue weighted by atomic mass is 16.6. The number of phenolic OH excluding ortho intramolecular Hbond substituents is 1. The van der Waals surface area contributed by atoms with Gasteiger partial charge in [0.25, 0.3) is 0 Å². The van der Waals surface area contributed by atoms with Gasteiger partial charge < -0.3 is 9.84 Å². The molecule has 3 rings (SSSR count).